The average molecular weight is 476 g/mol. The predicted molar refractivity (Wildman–Crippen MR) is 121 cm³/mol. The fraction of sp³-hybridized carbons (Fsp3) is 0.318. The van der Waals surface area contributed by atoms with Crippen molar-refractivity contribution in [3.63, 3.8) is 0 Å². The number of ether oxygens (including phenoxy) is 3. The van der Waals surface area contributed by atoms with Gasteiger partial charge in [-0.15, -0.1) is 6.58 Å². The number of nitrogens with one attached hydrogen (secondary N) is 2. The van der Waals surface area contributed by atoms with Crippen molar-refractivity contribution in [3.8, 4) is 16.7 Å². The summed E-state index contributed by atoms with van der Waals surface area (Å²) in [7, 11) is 0. The molecule has 2 N–H and O–H groups in total. The molecule has 2 aromatic rings. The number of carbonyl (C=O) groups is 2. The highest BCUT2D eigenvalue weighted by atomic mass is 35.5. The summed E-state index contributed by atoms with van der Waals surface area (Å²) < 4.78 is 16.4. The topological polar surface area (TPSA) is 98.8 Å². The number of benzene rings is 1. The Kier molecular flexibility index (Phi) is 6.96. The van der Waals surface area contributed by atoms with E-state index in [0.29, 0.717) is 28.5 Å². The minimum Gasteiger partial charge on any atom is -0.493 e. The first-order valence-electron chi connectivity index (χ1n) is 10.1. The van der Waals surface area contributed by atoms with Gasteiger partial charge in [-0.25, -0.2) is 9.78 Å². The molecule has 1 aromatic carbocycles. The molecule has 1 saturated carbocycles. The Hall–Kier alpha value is -3.04. The highest BCUT2D eigenvalue weighted by Gasteiger charge is 2.29. The molecule has 1 aromatic heterocycles. The van der Waals surface area contributed by atoms with Crippen LogP contribution in [0.15, 0.2) is 43.1 Å². The van der Waals surface area contributed by atoms with Crippen LogP contribution in [0.3, 0.4) is 0 Å². The summed E-state index contributed by atoms with van der Waals surface area (Å²) in [6.07, 6.45) is 7.78. The maximum atomic E-state index is 12.2. The number of alkyl carbamates (subject to hydrolysis) is 1. The van der Waals surface area contributed by atoms with Crippen LogP contribution in [0.5, 0.6) is 16.7 Å². The van der Waals surface area contributed by atoms with Crippen LogP contribution in [0.25, 0.3) is 6.08 Å². The summed E-state index contributed by atoms with van der Waals surface area (Å²) in [5, 5.41) is 6.06. The second-order valence-corrected chi connectivity index (χ2v) is 8.81. The molecule has 10 heteroatoms. The van der Waals surface area contributed by atoms with Crippen LogP contribution in [0.2, 0.25) is 5.02 Å². The Morgan fingerprint density at radius 1 is 1.47 bits per heavy atom. The molecule has 32 heavy (non-hydrogen) atoms. The third-order valence-electron chi connectivity index (χ3n) is 4.79. The molecule has 0 unspecified atom stereocenters. The summed E-state index contributed by atoms with van der Waals surface area (Å²) in [6.45, 7) is 4.58. The number of hydrogen-bond acceptors (Lipinski definition) is 7. The van der Waals surface area contributed by atoms with Crippen LogP contribution in [-0.2, 0) is 9.53 Å². The van der Waals surface area contributed by atoms with E-state index in [9.17, 15) is 9.59 Å². The SMILES string of the molecule is C=C[C@@H](/C=C/c1cnc(Oc2ccc(OCC3CC3)cc2Cl)s1)NC(=O)[C@H]1CNC(=O)O1. The summed E-state index contributed by atoms with van der Waals surface area (Å²) >= 11 is 7.64. The van der Waals surface area contributed by atoms with Gasteiger partial charge in [-0.1, -0.05) is 35.1 Å². The molecule has 2 heterocycles. The van der Waals surface area contributed by atoms with E-state index in [1.807, 2.05) is 6.07 Å². The fourth-order valence-corrected chi connectivity index (χ4v) is 3.72. The van der Waals surface area contributed by atoms with Gasteiger partial charge >= 0.3 is 6.09 Å². The number of cyclic esters (lactones) is 1. The lowest BCUT2D eigenvalue weighted by Crippen LogP contribution is -2.41. The quantitative estimate of drug-likeness (QED) is 0.500. The number of aromatic nitrogens is 1. The highest BCUT2D eigenvalue weighted by Crippen LogP contribution is 2.35. The fourth-order valence-electron chi connectivity index (χ4n) is 2.82. The first-order valence-corrected chi connectivity index (χ1v) is 11.3. The second kappa shape index (κ2) is 10.1. The Balaban J connectivity index is 1.31. The number of amides is 2. The smallest absolute Gasteiger partial charge is 0.408 e. The van der Waals surface area contributed by atoms with Crippen molar-refractivity contribution in [2.24, 2.45) is 5.92 Å². The molecular weight excluding hydrogens is 454 g/mol. The summed E-state index contributed by atoms with van der Waals surface area (Å²) in [5.74, 6) is 1.48. The third-order valence-corrected chi connectivity index (χ3v) is 5.93. The second-order valence-electron chi connectivity index (χ2n) is 7.38. The number of rotatable bonds is 10. The van der Waals surface area contributed by atoms with E-state index in [0.717, 1.165) is 10.6 Å². The van der Waals surface area contributed by atoms with E-state index in [2.05, 4.69) is 22.2 Å². The van der Waals surface area contributed by atoms with E-state index in [4.69, 9.17) is 25.8 Å². The van der Waals surface area contributed by atoms with Gasteiger partial charge in [0.15, 0.2) is 6.10 Å². The maximum Gasteiger partial charge on any atom is 0.408 e. The number of carbonyl (C=O) groups excluding carboxylic acids is 2. The van der Waals surface area contributed by atoms with Crippen molar-refractivity contribution in [1.82, 2.24) is 15.6 Å². The monoisotopic (exact) mass is 475 g/mol. The molecule has 0 spiro atoms. The molecule has 2 amide bonds. The normalized spacial score (nSPS) is 18.7. The third kappa shape index (κ3) is 6.02. The van der Waals surface area contributed by atoms with E-state index in [-0.39, 0.29) is 6.54 Å². The molecule has 0 bridgehead atoms. The van der Waals surface area contributed by atoms with Crippen molar-refractivity contribution in [2.45, 2.75) is 25.0 Å². The van der Waals surface area contributed by atoms with Gasteiger partial charge in [0.05, 0.1) is 29.1 Å². The molecule has 2 aliphatic rings. The zero-order valence-electron chi connectivity index (χ0n) is 17.1. The molecule has 168 valence electrons. The van der Waals surface area contributed by atoms with E-state index in [1.54, 1.807) is 36.6 Å². The maximum absolute atomic E-state index is 12.2. The number of halogens is 1. The number of thiazole rings is 1. The Bertz CT molecular complexity index is 1040. The molecule has 2 fully saturated rings. The summed E-state index contributed by atoms with van der Waals surface area (Å²) in [4.78, 5) is 28.3. The molecule has 4 rings (SSSR count). The lowest BCUT2D eigenvalue weighted by atomic mass is 10.2. The molecule has 2 atom stereocenters. The van der Waals surface area contributed by atoms with Gasteiger partial charge in [0.2, 0.25) is 0 Å². The predicted octanol–water partition coefficient (Wildman–Crippen LogP) is 4.17. The van der Waals surface area contributed by atoms with Crippen molar-refractivity contribution in [3.05, 3.63) is 53.0 Å². The van der Waals surface area contributed by atoms with Crippen LogP contribution >= 0.6 is 22.9 Å². The van der Waals surface area contributed by atoms with Crippen LogP contribution in [0.4, 0.5) is 4.79 Å². The average Bonchev–Trinajstić information content (AvgIpc) is 3.34. The summed E-state index contributed by atoms with van der Waals surface area (Å²) in [5.41, 5.74) is 0. The minimum absolute atomic E-state index is 0.143. The lowest BCUT2D eigenvalue weighted by molar-refractivity contribution is -0.127. The van der Waals surface area contributed by atoms with Crippen LogP contribution in [0, 0.1) is 5.92 Å². The van der Waals surface area contributed by atoms with Crippen molar-refractivity contribution < 1.29 is 23.8 Å². The zero-order valence-corrected chi connectivity index (χ0v) is 18.7. The van der Waals surface area contributed by atoms with Gasteiger partial charge in [0.1, 0.15) is 11.5 Å². The molecule has 8 nitrogen and oxygen atoms in total. The van der Waals surface area contributed by atoms with Crippen molar-refractivity contribution in [1.29, 1.82) is 0 Å². The largest absolute Gasteiger partial charge is 0.493 e. The van der Waals surface area contributed by atoms with E-state index in [1.165, 1.54) is 24.2 Å². The van der Waals surface area contributed by atoms with Gasteiger partial charge in [-0.05, 0) is 37.0 Å². The van der Waals surface area contributed by atoms with E-state index >= 15 is 0 Å². The minimum atomic E-state index is -0.850. The first kappa shape index (κ1) is 22.2. The van der Waals surface area contributed by atoms with Crippen molar-refractivity contribution >= 4 is 41.0 Å². The van der Waals surface area contributed by atoms with Gasteiger partial charge in [0.25, 0.3) is 11.1 Å². The molecule has 1 aliphatic heterocycles. The van der Waals surface area contributed by atoms with E-state index < -0.39 is 24.1 Å². The molecule has 0 radical (unpaired) electrons. The van der Waals surface area contributed by atoms with Gasteiger partial charge in [-0.3, -0.25) is 4.79 Å². The Morgan fingerprint density at radius 2 is 2.31 bits per heavy atom. The van der Waals surface area contributed by atoms with Crippen LogP contribution in [-0.4, -0.2) is 42.3 Å². The lowest BCUT2D eigenvalue weighted by Gasteiger charge is -2.13. The first-order chi connectivity index (χ1) is 15.5. The van der Waals surface area contributed by atoms with Crippen LogP contribution < -0.4 is 20.1 Å². The number of nitrogens with zero attached hydrogens (tertiary/aromatic N) is 1. The zero-order chi connectivity index (χ0) is 22.5. The standard InChI is InChI=1S/C22H22ClN3O5S/c1-2-14(26-20(27)19-11-24-21(28)30-19)5-7-16-10-25-22(32-16)31-18-8-6-15(9-17(18)23)29-12-13-3-4-13/h2,5-10,13-14,19H,1,3-4,11-12H2,(H,24,28)(H,26,27)/b7-5+/t14-,19+/m0/s1. The van der Waals surface area contributed by atoms with Gasteiger partial charge < -0.3 is 24.8 Å². The van der Waals surface area contributed by atoms with Crippen molar-refractivity contribution in [2.75, 3.05) is 13.2 Å². The molecular formula is C22H22ClN3O5S. The van der Waals surface area contributed by atoms with Crippen LogP contribution in [0.1, 0.15) is 17.7 Å². The number of hydrogen-bond donors (Lipinski definition) is 2. The molecule has 1 aliphatic carbocycles. The summed E-state index contributed by atoms with van der Waals surface area (Å²) in [6, 6.07) is 4.88. The highest BCUT2D eigenvalue weighted by molar-refractivity contribution is 7.14. The van der Waals surface area contributed by atoms with Gasteiger partial charge in [0, 0.05) is 12.3 Å². The Labute approximate surface area is 194 Å². The molecule has 1 saturated heterocycles. The Morgan fingerprint density at radius 3 is 3.00 bits per heavy atom. The van der Waals surface area contributed by atoms with Gasteiger partial charge in [-0.2, -0.15) is 0 Å².